The summed E-state index contributed by atoms with van der Waals surface area (Å²) in [6, 6.07) is 4.98. The molecule has 0 aliphatic carbocycles. The molecular formula is C13H17N3O2. The third-order valence-corrected chi connectivity index (χ3v) is 2.74. The maximum atomic E-state index is 9.60. The van der Waals surface area contributed by atoms with E-state index in [0.717, 1.165) is 19.5 Å². The van der Waals surface area contributed by atoms with E-state index in [1.165, 1.54) is 6.07 Å². The van der Waals surface area contributed by atoms with Crippen molar-refractivity contribution in [2.75, 3.05) is 6.54 Å². The Hall–Kier alpha value is -2.01. The summed E-state index contributed by atoms with van der Waals surface area (Å²) >= 11 is 0. The summed E-state index contributed by atoms with van der Waals surface area (Å²) in [5.41, 5.74) is 0.706. The van der Waals surface area contributed by atoms with Gasteiger partial charge in [0.2, 0.25) is 0 Å². The van der Waals surface area contributed by atoms with Crippen LogP contribution in [0.1, 0.15) is 12.0 Å². The number of phenolic OH excluding ortho intramolecular Hbond substituents is 2. The van der Waals surface area contributed by atoms with Crippen LogP contribution in [0.15, 0.2) is 36.9 Å². The highest BCUT2D eigenvalue weighted by molar-refractivity contribution is 5.44. The van der Waals surface area contributed by atoms with Gasteiger partial charge in [0, 0.05) is 31.0 Å². The molecule has 0 radical (unpaired) electrons. The van der Waals surface area contributed by atoms with E-state index in [9.17, 15) is 10.2 Å². The monoisotopic (exact) mass is 247 g/mol. The van der Waals surface area contributed by atoms with Crippen molar-refractivity contribution < 1.29 is 10.2 Å². The average molecular weight is 247 g/mol. The number of phenols is 2. The predicted octanol–water partition coefficient (Wildman–Crippen LogP) is 1.47. The number of hydrogen-bond donors (Lipinski definition) is 3. The minimum atomic E-state index is -0.0762. The Labute approximate surface area is 106 Å². The van der Waals surface area contributed by atoms with Gasteiger partial charge < -0.3 is 20.1 Å². The molecule has 5 heteroatoms. The zero-order valence-corrected chi connectivity index (χ0v) is 10.1. The Balaban J connectivity index is 1.70. The predicted molar refractivity (Wildman–Crippen MR) is 68.3 cm³/mol. The zero-order valence-electron chi connectivity index (χ0n) is 10.1. The molecule has 0 atom stereocenters. The summed E-state index contributed by atoms with van der Waals surface area (Å²) in [6.45, 7) is 2.30. The molecule has 5 nitrogen and oxygen atoms in total. The van der Waals surface area contributed by atoms with Crippen LogP contribution in [-0.2, 0) is 13.1 Å². The van der Waals surface area contributed by atoms with Gasteiger partial charge in [-0.1, -0.05) is 12.1 Å². The number of imidazole rings is 1. The Morgan fingerprint density at radius 2 is 2.17 bits per heavy atom. The molecule has 3 N–H and O–H groups in total. The van der Waals surface area contributed by atoms with Gasteiger partial charge in [-0.05, 0) is 19.0 Å². The summed E-state index contributed by atoms with van der Waals surface area (Å²) in [6.07, 6.45) is 6.47. The summed E-state index contributed by atoms with van der Waals surface area (Å²) in [5, 5.41) is 22.2. The van der Waals surface area contributed by atoms with Gasteiger partial charge in [0.15, 0.2) is 11.5 Å². The molecular weight excluding hydrogens is 230 g/mol. The first kappa shape index (κ1) is 12.4. The Morgan fingerprint density at radius 1 is 1.28 bits per heavy atom. The molecule has 2 aromatic rings. The van der Waals surface area contributed by atoms with Crippen LogP contribution in [0.2, 0.25) is 0 Å². The Morgan fingerprint density at radius 3 is 2.94 bits per heavy atom. The van der Waals surface area contributed by atoms with Gasteiger partial charge in [-0.2, -0.15) is 0 Å². The molecule has 18 heavy (non-hydrogen) atoms. The molecule has 1 aromatic heterocycles. The lowest BCUT2D eigenvalue weighted by Crippen LogP contribution is -2.16. The number of benzene rings is 1. The fourth-order valence-corrected chi connectivity index (χ4v) is 1.75. The van der Waals surface area contributed by atoms with Gasteiger partial charge in [0.25, 0.3) is 0 Å². The van der Waals surface area contributed by atoms with Crippen LogP contribution in [0.3, 0.4) is 0 Å². The SMILES string of the molecule is Oc1cccc(CNCCCn2ccnc2)c1O. The van der Waals surface area contributed by atoms with E-state index in [0.29, 0.717) is 12.1 Å². The maximum Gasteiger partial charge on any atom is 0.161 e. The zero-order chi connectivity index (χ0) is 12.8. The van der Waals surface area contributed by atoms with Crippen molar-refractivity contribution in [1.29, 1.82) is 0 Å². The summed E-state index contributed by atoms with van der Waals surface area (Å²) < 4.78 is 2.02. The van der Waals surface area contributed by atoms with E-state index in [-0.39, 0.29) is 11.5 Å². The second-order valence-corrected chi connectivity index (χ2v) is 4.12. The highest BCUT2D eigenvalue weighted by Crippen LogP contribution is 2.27. The molecule has 0 unspecified atom stereocenters. The fourth-order valence-electron chi connectivity index (χ4n) is 1.75. The lowest BCUT2D eigenvalue weighted by Gasteiger charge is -2.08. The molecule has 0 spiro atoms. The summed E-state index contributed by atoms with van der Waals surface area (Å²) in [4.78, 5) is 3.97. The molecule has 0 amide bonds. The number of nitrogens with zero attached hydrogens (tertiary/aromatic N) is 2. The first-order chi connectivity index (χ1) is 8.77. The van der Waals surface area contributed by atoms with Crippen LogP contribution in [-0.4, -0.2) is 26.3 Å². The van der Waals surface area contributed by atoms with Crippen molar-refractivity contribution in [3.8, 4) is 11.5 Å². The normalized spacial score (nSPS) is 10.7. The van der Waals surface area contributed by atoms with E-state index in [1.54, 1.807) is 24.7 Å². The minimum absolute atomic E-state index is 0.0420. The molecule has 0 saturated heterocycles. The highest BCUT2D eigenvalue weighted by atomic mass is 16.3. The van der Waals surface area contributed by atoms with Gasteiger partial charge in [0.1, 0.15) is 0 Å². The van der Waals surface area contributed by atoms with Crippen molar-refractivity contribution in [2.45, 2.75) is 19.5 Å². The van der Waals surface area contributed by atoms with Crippen molar-refractivity contribution in [2.24, 2.45) is 0 Å². The average Bonchev–Trinajstić information content (AvgIpc) is 2.87. The second kappa shape index (κ2) is 6.07. The van der Waals surface area contributed by atoms with Crippen LogP contribution < -0.4 is 5.32 Å². The summed E-state index contributed by atoms with van der Waals surface area (Å²) in [5.74, 6) is -0.118. The molecule has 0 saturated carbocycles. The third kappa shape index (κ3) is 3.24. The fraction of sp³-hybridized carbons (Fsp3) is 0.308. The Kier molecular flexibility index (Phi) is 4.20. The number of nitrogens with one attached hydrogen (secondary N) is 1. The van der Waals surface area contributed by atoms with E-state index in [4.69, 9.17) is 0 Å². The topological polar surface area (TPSA) is 70.3 Å². The molecule has 96 valence electrons. The minimum Gasteiger partial charge on any atom is -0.504 e. The molecule has 1 aromatic carbocycles. The van der Waals surface area contributed by atoms with Crippen LogP contribution in [0.5, 0.6) is 11.5 Å². The molecule has 0 aliphatic heterocycles. The quantitative estimate of drug-likeness (QED) is 0.534. The van der Waals surface area contributed by atoms with E-state index < -0.39 is 0 Å². The first-order valence-corrected chi connectivity index (χ1v) is 5.93. The standard InChI is InChI=1S/C13H17N3O2/c17-12-4-1-3-11(13(12)18)9-14-5-2-7-16-8-6-15-10-16/h1,3-4,6,8,10,14,17-18H,2,5,7,9H2. The maximum absolute atomic E-state index is 9.60. The van der Waals surface area contributed by atoms with E-state index >= 15 is 0 Å². The molecule has 1 heterocycles. The number of hydrogen-bond acceptors (Lipinski definition) is 4. The van der Waals surface area contributed by atoms with Gasteiger partial charge in [0.05, 0.1) is 6.33 Å². The number of para-hydroxylation sites is 1. The summed E-state index contributed by atoms with van der Waals surface area (Å²) in [7, 11) is 0. The molecule has 0 fully saturated rings. The molecule has 0 bridgehead atoms. The first-order valence-electron chi connectivity index (χ1n) is 5.93. The lowest BCUT2D eigenvalue weighted by atomic mass is 10.2. The van der Waals surface area contributed by atoms with Crippen LogP contribution in [0, 0.1) is 0 Å². The second-order valence-electron chi connectivity index (χ2n) is 4.12. The Bertz CT molecular complexity index is 483. The van der Waals surface area contributed by atoms with Crippen molar-refractivity contribution in [3.05, 3.63) is 42.5 Å². The third-order valence-electron chi connectivity index (χ3n) is 2.74. The van der Waals surface area contributed by atoms with Crippen LogP contribution in [0.4, 0.5) is 0 Å². The smallest absolute Gasteiger partial charge is 0.161 e. The van der Waals surface area contributed by atoms with E-state index in [1.807, 2.05) is 10.8 Å². The molecule has 0 aliphatic rings. The number of aromatic nitrogens is 2. The van der Waals surface area contributed by atoms with Crippen LogP contribution in [0.25, 0.3) is 0 Å². The van der Waals surface area contributed by atoms with Gasteiger partial charge in [-0.15, -0.1) is 0 Å². The van der Waals surface area contributed by atoms with Crippen molar-refractivity contribution >= 4 is 0 Å². The number of rotatable bonds is 6. The number of aromatic hydroxyl groups is 2. The lowest BCUT2D eigenvalue weighted by molar-refractivity contribution is 0.397. The van der Waals surface area contributed by atoms with Crippen LogP contribution >= 0.6 is 0 Å². The molecule has 2 rings (SSSR count). The van der Waals surface area contributed by atoms with Crippen molar-refractivity contribution in [3.63, 3.8) is 0 Å². The van der Waals surface area contributed by atoms with Gasteiger partial charge in [-0.25, -0.2) is 4.98 Å². The number of aryl methyl sites for hydroxylation is 1. The van der Waals surface area contributed by atoms with Crippen molar-refractivity contribution in [1.82, 2.24) is 14.9 Å². The van der Waals surface area contributed by atoms with Gasteiger partial charge in [-0.3, -0.25) is 0 Å². The van der Waals surface area contributed by atoms with E-state index in [2.05, 4.69) is 10.3 Å². The highest BCUT2D eigenvalue weighted by Gasteiger charge is 2.04. The van der Waals surface area contributed by atoms with Gasteiger partial charge >= 0.3 is 0 Å². The largest absolute Gasteiger partial charge is 0.504 e.